The minimum Gasteiger partial charge on any atom is -0.495 e. The normalized spacial score (nSPS) is 22.8. The molecule has 0 unspecified atom stereocenters. The van der Waals surface area contributed by atoms with E-state index in [1.807, 2.05) is 29.2 Å². The molecule has 0 N–H and O–H groups in total. The van der Waals surface area contributed by atoms with Gasteiger partial charge in [0.2, 0.25) is 5.91 Å². The van der Waals surface area contributed by atoms with E-state index in [-0.39, 0.29) is 22.7 Å². The summed E-state index contributed by atoms with van der Waals surface area (Å²) in [7, 11) is -1.21. The molecule has 2 aliphatic heterocycles. The van der Waals surface area contributed by atoms with Crippen molar-refractivity contribution in [3.8, 4) is 5.75 Å². The summed E-state index contributed by atoms with van der Waals surface area (Å²) >= 11 is 1.49. The number of methoxy groups -OCH3 is 1. The maximum Gasteiger partial charge on any atom is 0.232 e. The van der Waals surface area contributed by atoms with Crippen LogP contribution in [0, 0.1) is 0 Å². The van der Waals surface area contributed by atoms with Gasteiger partial charge in [-0.15, -0.1) is 11.8 Å². The van der Waals surface area contributed by atoms with Gasteiger partial charge in [-0.05, 0) is 18.6 Å². The summed E-state index contributed by atoms with van der Waals surface area (Å²) in [6.07, 6.45) is 0.669. The standard InChI is InChI=1S/C17H24N2O4S2/c1-23-16-5-3-2-4-15(16)18-7-9-19(10-8-18)17(20)12-24-14-6-11-25(21,22)13-14/h2-5,14H,6-13H2,1H3/t14-/m1/s1. The van der Waals surface area contributed by atoms with Crippen LogP contribution in [0.3, 0.4) is 0 Å². The van der Waals surface area contributed by atoms with Crippen LogP contribution in [0.1, 0.15) is 6.42 Å². The summed E-state index contributed by atoms with van der Waals surface area (Å²) in [5.41, 5.74) is 1.06. The van der Waals surface area contributed by atoms with Crippen molar-refractivity contribution in [1.82, 2.24) is 4.90 Å². The monoisotopic (exact) mass is 384 g/mol. The molecule has 1 aromatic carbocycles. The first-order valence-corrected chi connectivity index (χ1v) is 11.3. The topological polar surface area (TPSA) is 66.9 Å². The van der Waals surface area contributed by atoms with E-state index in [4.69, 9.17) is 4.74 Å². The molecule has 2 aliphatic rings. The van der Waals surface area contributed by atoms with Crippen molar-refractivity contribution in [1.29, 1.82) is 0 Å². The first kappa shape index (κ1) is 18.4. The Bertz CT molecular complexity index is 715. The van der Waals surface area contributed by atoms with Crippen molar-refractivity contribution in [2.45, 2.75) is 11.7 Å². The van der Waals surface area contributed by atoms with Gasteiger partial charge in [-0.2, -0.15) is 0 Å². The molecule has 3 rings (SSSR count). The average Bonchev–Trinajstić information content (AvgIpc) is 2.98. The third-order valence-electron chi connectivity index (χ3n) is 4.69. The maximum atomic E-state index is 12.4. The molecule has 138 valence electrons. The summed E-state index contributed by atoms with van der Waals surface area (Å²) in [6, 6.07) is 7.91. The molecule has 0 radical (unpaired) electrons. The van der Waals surface area contributed by atoms with Crippen molar-refractivity contribution < 1.29 is 17.9 Å². The number of sulfone groups is 1. The molecular weight excluding hydrogens is 360 g/mol. The van der Waals surface area contributed by atoms with E-state index in [0.717, 1.165) is 24.5 Å². The minimum atomic E-state index is -2.88. The molecule has 1 amide bonds. The number of nitrogens with zero attached hydrogens (tertiary/aromatic N) is 2. The van der Waals surface area contributed by atoms with Crippen molar-refractivity contribution >= 4 is 33.2 Å². The summed E-state index contributed by atoms with van der Waals surface area (Å²) in [5, 5.41) is 0.0730. The molecule has 0 aromatic heterocycles. The molecule has 2 saturated heterocycles. The predicted octanol–water partition coefficient (Wildman–Crippen LogP) is 1.26. The van der Waals surface area contributed by atoms with Crippen LogP contribution in [-0.4, -0.2) is 75.0 Å². The van der Waals surface area contributed by atoms with Gasteiger partial charge >= 0.3 is 0 Å². The number of hydrogen-bond acceptors (Lipinski definition) is 6. The highest BCUT2D eigenvalue weighted by atomic mass is 32.2. The average molecular weight is 385 g/mol. The third kappa shape index (κ3) is 4.61. The summed E-state index contributed by atoms with van der Waals surface area (Å²) in [5.74, 6) is 1.80. The molecule has 2 heterocycles. The van der Waals surface area contributed by atoms with Crippen LogP contribution in [-0.2, 0) is 14.6 Å². The fraction of sp³-hybridized carbons (Fsp3) is 0.588. The molecular formula is C17H24N2O4S2. The van der Waals surface area contributed by atoms with Gasteiger partial charge in [0.15, 0.2) is 9.84 Å². The lowest BCUT2D eigenvalue weighted by molar-refractivity contribution is -0.128. The highest BCUT2D eigenvalue weighted by Crippen LogP contribution is 2.29. The van der Waals surface area contributed by atoms with E-state index in [2.05, 4.69) is 4.90 Å². The number of benzene rings is 1. The van der Waals surface area contributed by atoms with E-state index in [1.54, 1.807) is 7.11 Å². The number of piperazine rings is 1. The van der Waals surface area contributed by atoms with Crippen molar-refractivity contribution in [3.63, 3.8) is 0 Å². The van der Waals surface area contributed by atoms with Crippen LogP contribution in [0.25, 0.3) is 0 Å². The van der Waals surface area contributed by atoms with Crippen molar-refractivity contribution in [2.75, 3.05) is 55.4 Å². The SMILES string of the molecule is COc1ccccc1N1CCN(C(=O)CS[C@@H]2CCS(=O)(=O)C2)CC1. The highest BCUT2D eigenvalue weighted by molar-refractivity contribution is 8.02. The van der Waals surface area contributed by atoms with Gasteiger partial charge in [-0.3, -0.25) is 4.79 Å². The van der Waals surface area contributed by atoms with Gasteiger partial charge in [0, 0.05) is 31.4 Å². The Morgan fingerprint density at radius 1 is 1.24 bits per heavy atom. The van der Waals surface area contributed by atoms with Crippen LogP contribution in [0.4, 0.5) is 5.69 Å². The number of anilines is 1. The minimum absolute atomic E-state index is 0.0730. The number of rotatable bonds is 5. The smallest absolute Gasteiger partial charge is 0.232 e. The quantitative estimate of drug-likeness (QED) is 0.762. The van der Waals surface area contributed by atoms with Crippen LogP contribution >= 0.6 is 11.8 Å². The molecule has 1 atom stereocenters. The second kappa shape index (κ2) is 7.86. The van der Waals surface area contributed by atoms with Crippen molar-refractivity contribution in [3.05, 3.63) is 24.3 Å². The zero-order valence-electron chi connectivity index (χ0n) is 14.4. The van der Waals surface area contributed by atoms with E-state index < -0.39 is 9.84 Å². The Balaban J connectivity index is 1.48. The molecule has 0 spiro atoms. The zero-order valence-corrected chi connectivity index (χ0v) is 16.0. The fourth-order valence-electron chi connectivity index (χ4n) is 3.26. The first-order valence-electron chi connectivity index (χ1n) is 8.46. The molecule has 25 heavy (non-hydrogen) atoms. The van der Waals surface area contributed by atoms with E-state index >= 15 is 0 Å². The van der Waals surface area contributed by atoms with Crippen LogP contribution in [0.15, 0.2) is 24.3 Å². The molecule has 0 aliphatic carbocycles. The number of para-hydroxylation sites is 2. The molecule has 0 bridgehead atoms. The number of carbonyl (C=O) groups excluding carboxylic acids is 1. The van der Waals surface area contributed by atoms with Gasteiger partial charge in [0.25, 0.3) is 0 Å². The Labute approximate surface area is 153 Å². The zero-order chi connectivity index (χ0) is 17.9. The number of carbonyl (C=O) groups is 1. The van der Waals surface area contributed by atoms with Gasteiger partial charge in [-0.1, -0.05) is 12.1 Å². The van der Waals surface area contributed by atoms with Crippen molar-refractivity contribution in [2.24, 2.45) is 0 Å². The largest absolute Gasteiger partial charge is 0.495 e. The van der Waals surface area contributed by atoms with Gasteiger partial charge in [0.05, 0.1) is 30.1 Å². The lowest BCUT2D eigenvalue weighted by Gasteiger charge is -2.36. The van der Waals surface area contributed by atoms with Crippen LogP contribution in [0.2, 0.25) is 0 Å². The predicted molar refractivity (Wildman–Crippen MR) is 101 cm³/mol. The van der Waals surface area contributed by atoms with E-state index in [0.29, 0.717) is 25.3 Å². The van der Waals surface area contributed by atoms with Crippen LogP contribution < -0.4 is 9.64 Å². The summed E-state index contributed by atoms with van der Waals surface area (Å²) in [6.45, 7) is 2.91. The lowest BCUT2D eigenvalue weighted by Crippen LogP contribution is -2.49. The van der Waals surface area contributed by atoms with E-state index in [1.165, 1.54) is 11.8 Å². The lowest BCUT2D eigenvalue weighted by atomic mass is 10.2. The third-order valence-corrected chi connectivity index (χ3v) is 7.96. The Morgan fingerprint density at radius 2 is 1.96 bits per heavy atom. The second-order valence-electron chi connectivity index (χ2n) is 6.38. The molecule has 8 heteroatoms. The molecule has 0 saturated carbocycles. The Morgan fingerprint density at radius 3 is 2.60 bits per heavy atom. The molecule has 2 fully saturated rings. The Kier molecular flexibility index (Phi) is 5.78. The summed E-state index contributed by atoms with van der Waals surface area (Å²) in [4.78, 5) is 16.5. The highest BCUT2D eigenvalue weighted by Gasteiger charge is 2.29. The number of hydrogen-bond donors (Lipinski definition) is 0. The second-order valence-corrected chi connectivity index (χ2v) is 9.89. The van der Waals surface area contributed by atoms with Gasteiger partial charge in [0.1, 0.15) is 5.75 Å². The number of ether oxygens (including phenoxy) is 1. The summed E-state index contributed by atoms with van der Waals surface area (Å²) < 4.78 is 28.4. The molecule has 6 nitrogen and oxygen atoms in total. The molecule has 1 aromatic rings. The Hall–Kier alpha value is -1.41. The van der Waals surface area contributed by atoms with Gasteiger partial charge < -0.3 is 14.5 Å². The number of thioether (sulfide) groups is 1. The first-order chi connectivity index (χ1) is 12.0. The number of amides is 1. The maximum absolute atomic E-state index is 12.4. The van der Waals surface area contributed by atoms with E-state index in [9.17, 15) is 13.2 Å². The van der Waals surface area contributed by atoms with Crippen LogP contribution in [0.5, 0.6) is 5.75 Å². The van der Waals surface area contributed by atoms with Gasteiger partial charge in [-0.25, -0.2) is 8.42 Å². The fourth-order valence-corrected chi connectivity index (χ4v) is 6.81.